The molecule has 0 fully saturated rings. The van der Waals surface area contributed by atoms with Crippen molar-refractivity contribution in [2.75, 3.05) is 24.2 Å². The summed E-state index contributed by atoms with van der Waals surface area (Å²) in [4.78, 5) is 19.6. The molecule has 94 valence electrons. The topological polar surface area (TPSA) is 78.9 Å². The van der Waals surface area contributed by atoms with Crippen LogP contribution in [0.3, 0.4) is 0 Å². The lowest BCUT2D eigenvalue weighted by Gasteiger charge is -2.15. The zero-order valence-corrected chi connectivity index (χ0v) is 11.6. The Morgan fingerprint density at radius 3 is 2.71 bits per heavy atom. The largest absolute Gasteiger partial charge is 0.369 e. The molecule has 6 nitrogen and oxygen atoms in total. The zero-order valence-electron chi connectivity index (χ0n) is 10.0. The number of carbonyl (C=O) groups is 1. The molecule has 0 bridgehead atoms. The van der Waals surface area contributed by atoms with Crippen LogP contribution in [0.5, 0.6) is 0 Å². The number of amides is 1. The first kappa shape index (κ1) is 13.7. The number of carbonyl (C=O) groups excluding carboxylic acids is 1. The first-order valence-electron chi connectivity index (χ1n) is 5.32. The molecule has 7 heteroatoms. The molecule has 1 aromatic heterocycles. The van der Waals surface area contributed by atoms with E-state index in [1.165, 1.54) is 6.33 Å². The normalized spacial score (nSPS) is 11.8. The van der Waals surface area contributed by atoms with Gasteiger partial charge in [-0.05, 0) is 29.8 Å². The molecule has 1 heterocycles. The van der Waals surface area contributed by atoms with Crippen LogP contribution in [-0.4, -0.2) is 35.5 Å². The summed E-state index contributed by atoms with van der Waals surface area (Å²) in [7, 11) is 1.60. The van der Waals surface area contributed by atoms with Crippen molar-refractivity contribution in [2.24, 2.45) is 0 Å². The average molecular weight is 302 g/mol. The van der Waals surface area contributed by atoms with E-state index < -0.39 is 0 Å². The Morgan fingerprint density at radius 2 is 2.12 bits per heavy atom. The standard InChI is InChI=1S/C10H16BrN5O/c1-4-13-8-7(11)9(15-5-14-8)16-6(2)10(17)12-3/h5-6H,4H2,1-3H3,(H,12,17)(H2,13,14,15,16). The third kappa shape index (κ3) is 3.55. The molecule has 0 aliphatic heterocycles. The molecule has 3 N–H and O–H groups in total. The van der Waals surface area contributed by atoms with Crippen LogP contribution in [0.2, 0.25) is 0 Å². The Kier molecular flexibility index (Phi) is 5.14. The van der Waals surface area contributed by atoms with Crippen molar-refractivity contribution in [3.05, 3.63) is 10.8 Å². The monoisotopic (exact) mass is 301 g/mol. The number of likely N-dealkylation sites (N-methyl/N-ethyl adjacent to an activating group) is 1. The van der Waals surface area contributed by atoms with E-state index in [-0.39, 0.29) is 11.9 Å². The zero-order chi connectivity index (χ0) is 12.8. The fraction of sp³-hybridized carbons (Fsp3) is 0.500. The predicted molar refractivity (Wildman–Crippen MR) is 71.0 cm³/mol. The van der Waals surface area contributed by atoms with E-state index in [2.05, 4.69) is 41.8 Å². The predicted octanol–water partition coefficient (Wildman–Crippen LogP) is 1.22. The molecule has 0 saturated carbocycles. The number of aromatic nitrogens is 2. The molecule has 1 rings (SSSR count). The maximum atomic E-state index is 11.4. The summed E-state index contributed by atoms with van der Waals surface area (Å²) < 4.78 is 0.720. The minimum absolute atomic E-state index is 0.0967. The van der Waals surface area contributed by atoms with Gasteiger partial charge in [-0.3, -0.25) is 4.79 Å². The van der Waals surface area contributed by atoms with E-state index in [1.807, 2.05) is 6.92 Å². The van der Waals surface area contributed by atoms with Gasteiger partial charge >= 0.3 is 0 Å². The summed E-state index contributed by atoms with van der Waals surface area (Å²) in [6.45, 7) is 4.51. The van der Waals surface area contributed by atoms with Crippen molar-refractivity contribution < 1.29 is 4.79 Å². The number of anilines is 2. The second-order valence-electron chi connectivity index (χ2n) is 3.40. The van der Waals surface area contributed by atoms with E-state index in [0.717, 1.165) is 11.0 Å². The van der Waals surface area contributed by atoms with Crippen molar-refractivity contribution in [3.63, 3.8) is 0 Å². The van der Waals surface area contributed by atoms with Crippen LogP contribution in [-0.2, 0) is 4.79 Å². The van der Waals surface area contributed by atoms with Crippen LogP contribution in [0.4, 0.5) is 11.6 Å². The fourth-order valence-corrected chi connectivity index (χ4v) is 1.71. The van der Waals surface area contributed by atoms with Gasteiger partial charge in [-0.1, -0.05) is 0 Å². The molecule has 0 aromatic carbocycles. The van der Waals surface area contributed by atoms with E-state index in [4.69, 9.17) is 0 Å². The second-order valence-corrected chi connectivity index (χ2v) is 4.19. The number of hydrogen-bond acceptors (Lipinski definition) is 5. The van der Waals surface area contributed by atoms with E-state index in [9.17, 15) is 4.79 Å². The van der Waals surface area contributed by atoms with Gasteiger partial charge in [-0.25, -0.2) is 9.97 Å². The van der Waals surface area contributed by atoms with Gasteiger partial charge < -0.3 is 16.0 Å². The van der Waals surface area contributed by atoms with Crippen LogP contribution in [0.1, 0.15) is 13.8 Å². The van der Waals surface area contributed by atoms with Crippen molar-refractivity contribution in [2.45, 2.75) is 19.9 Å². The van der Waals surface area contributed by atoms with Gasteiger partial charge in [-0.2, -0.15) is 0 Å². The molecule has 0 radical (unpaired) electrons. The highest BCUT2D eigenvalue weighted by Gasteiger charge is 2.14. The number of hydrogen-bond donors (Lipinski definition) is 3. The van der Waals surface area contributed by atoms with Crippen molar-refractivity contribution in [3.8, 4) is 0 Å². The summed E-state index contributed by atoms with van der Waals surface area (Å²) in [6, 6.07) is -0.360. The molecule has 1 amide bonds. The molecule has 17 heavy (non-hydrogen) atoms. The number of nitrogens with one attached hydrogen (secondary N) is 3. The lowest BCUT2D eigenvalue weighted by molar-refractivity contribution is -0.121. The Hall–Kier alpha value is -1.37. The van der Waals surface area contributed by atoms with Crippen LogP contribution >= 0.6 is 15.9 Å². The highest BCUT2D eigenvalue weighted by atomic mass is 79.9. The quantitative estimate of drug-likeness (QED) is 0.762. The van der Waals surface area contributed by atoms with Gasteiger partial charge in [0.05, 0.1) is 0 Å². The summed E-state index contributed by atoms with van der Waals surface area (Å²) >= 11 is 3.40. The lowest BCUT2D eigenvalue weighted by Crippen LogP contribution is -2.35. The Balaban J connectivity index is 2.84. The molecular weight excluding hydrogens is 286 g/mol. The Bertz CT molecular complexity index is 398. The third-order valence-corrected chi connectivity index (χ3v) is 2.88. The second kappa shape index (κ2) is 6.39. The van der Waals surface area contributed by atoms with Crippen molar-refractivity contribution in [1.82, 2.24) is 15.3 Å². The Labute approximate surface area is 109 Å². The van der Waals surface area contributed by atoms with Crippen LogP contribution in [0, 0.1) is 0 Å². The average Bonchev–Trinajstić information content (AvgIpc) is 2.33. The number of halogens is 1. The molecule has 0 spiro atoms. The first-order chi connectivity index (χ1) is 8.10. The smallest absolute Gasteiger partial charge is 0.241 e. The number of nitrogens with zero attached hydrogens (tertiary/aromatic N) is 2. The fourth-order valence-electron chi connectivity index (χ4n) is 1.25. The molecule has 0 saturated heterocycles. The van der Waals surface area contributed by atoms with E-state index in [0.29, 0.717) is 11.6 Å². The van der Waals surface area contributed by atoms with Crippen LogP contribution in [0.25, 0.3) is 0 Å². The third-order valence-electron chi connectivity index (χ3n) is 2.13. The van der Waals surface area contributed by atoms with E-state index in [1.54, 1.807) is 14.0 Å². The Morgan fingerprint density at radius 1 is 1.47 bits per heavy atom. The first-order valence-corrected chi connectivity index (χ1v) is 6.12. The summed E-state index contributed by atoms with van der Waals surface area (Å²) in [5, 5.41) is 8.67. The maximum Gasteiger partial charge on any atom is 0.241 e. The van der Waals surface area contributed by atoms with Crippen LogP contribution in [0.15, 0.2) is 10.8 Å². The van der Waals surface area contributed by atoms with Crippen molar-refractivity contribution in [1.29, 1.82) is 0 Å². The van der Waals surface area contributed by atoms with E-state index >= 15 is 0 Å². The highest BCUT2D eigenvalue weighted by Crippen LogP contribution is 2.26. The summed E-state index contributed by atoms with van der Waals surface area (Å²) in [6.07, 6.45) is 1.45. The van der Waals surface area contributed by atoms with Gasteiger partial charge in [-0.15, -0.1) is 0 Å². The SMILES string of the molecule is CCNc1ncnc(NC(C)C(=O)NC)c1Br. The molecule has 1 unspecified atom stereocenters. The number of rotatable bonds is 5. The lowest BCUT2D eigenvalue weighted by atomic mass is 10.3. The van der Waals surface area contributed by atoms with Crippen LogP contribution < -0.4 is 16.0 Å². The van der Waals surface area contributed by atoms with Gasteiger partial charge in [0.1, 0.15) is 28.5 Å². The minimum Gasteiger partial charge on any atom is -0.369 e. The van der Waals surface area contributed by atoms with Crippen molar-refractivity contribution >= 4 is 33.5 Å². The molecule has 1 aromatic rings. The van der Waals surface area contributed by atoms with Gasteiger partial charge in [0.2, 0.25) is 5.91 Å². The highest BCUT2D eigenvalue weighted by molar-refractivity contribution is 9.10. The minimum atomic E-state index is -0.360. The molecule has 0 aliphatic carbocycles. The maximum absolute atomic E-state index is 11.4. The summed E-state index contributed by atoms with van der Waals surface area (Å²) in [5.74, 6) is 1.20. The summed E-state index contributed by atoms with van der Waals surface area (Å²) in [5.41, 5.74) is 0. The molecule has 1 atom stereocenters. The molecule has 0 aliphatic rings. The molecular formula is C10H16BrN5O. The van der Waals surface area contributed by atoms with Gasteiger partial charge in [0, 0.05) is 13.6 Å². The van der Waals surface area contributed by atoms with Gasteiger partial charge in [0.15, 0.2) is 0 Å². The van der Waals surface area contributed by atoms with Gasteiger partial charge in [0.25, 0.3) is 0 Å².